The molecule has 0 bridgehead atoms. The summed E-state index contributed by atoms with van der Waals surface area (Å²) in [5.41, 5.74) is 2.39. The van der Waals surface area contributed by atoms with E-state index in [1.54, 1.807) is 5.32 Å². The fourth-order valence-corrected chi connectivity index (χ4v) is 2.61. The summed E-state index contributed by atoms with van der Waals surface area (Å²) >= 11 is 0. The summed E-state index contributed by atoms with van der Waals surface area (Å²) in [5, 5.41) is 11.1. The quantitative estimate of drug-likeness (QED) is 0.539. The van der Waals surface area contributed by atoms with Crippen LogP contribution in [0.2, 0.25) is 0 Å². The zero-order valence-corrected chi connectivity index (χ0v) is 17.1. The van der Waals surface area contributed by atoms with Crippen molar-refractivity contribution in [3.63, 3.8) is 0 Å². The second-order valence-electron chi connectivity index (χ2n) is 6.73. The SMILES string of the molecule is Cc1ccccc1-c1nnc(-c2ccc(C(=O)OCC(=O)NC(=O)NCC(F)(F)F)cc2)o1. The molecule has 12 heteroatoms. The Kier molecular flexibility index (Phi) is 7.06. The smallest absolute Gasteiger partial charge is 0.405 e. The number of carbonyl (C=O) groups excluding carboxylic acids is 3. The first kappa shape index (κ1) is 23.4. The molecule has 3 aromatic rings. The molecule has 0 saturated heterocycles. The monoisotopic (exact) mass is 462 g/mol. The maximum atomic E-state index is 12.1. The molecule has 0 atom stereocenters. The third-order valence-corrected chi connectivity index (χ3v) is 4.20. The molecular formula is C21H17F3N4O5. The molecule has 1 aromatic heterocycles. The van der Waals surface area contributed by atoms with E-state index in [2.05, 4.69) is 10.2 Å². The molecule has 0 aliphatic carbocycles. The van der Waals surface area contributed by atoms with E-state index in [-0.39, 0.29) is 11.5 Å². The van der Waals surface area contributed by atoms with E-state index < -0.39 is 37.2 Å². The average Bonchev–Trinajstić information content (AvgIpc) is 3.26. The zero-order valence-electron chi connectivity index (χ0n) is 17.1. The van der Waals surface area contributed by atoms with E-state index in [0.717, 1.165) is 11.1 Å². The van der Waals surface area contributed by atoms with Gasteiger partial charge in [-0.2, -0.15) is 13.2 Å². The number of alkyl halides is 3. The first-order valence-corrected chi connectivity index (χ1v) is 9.44. The normalized spacial score (nSPS) is 11.0. The van der Waals surface area contributed by atoms with Crippen LogP contribution in [-0.4, -0.2) is 47.4 Å². The van der Waals surface area contributed by atoms with Gasteiger partial charge in [0.1, 0.15) is 6.54 Å². The van der Waals surface area contributed by atoms with E-state index in [9.17, 15) is 27.6 Å². The number of benzene rings is 2. The Balaban J connectivity index is 1.54. The highest BCUT2D eigenvalue weighted by Crippen LogP contribution is 2.26. The first-order valence-electron chi connectivity index (χ1n) is 9.44. The Bertz CT molecular complexity index is 1160. The number of amides is 3. The number of aromatic nitrogens is 2. The number of halogens is 3. The lowest BCUT2D eigenvalue weighted by atomic mass is 10.1. The molecule has 1 heterocycles. The number of hydrogen-bond acceptors (Lipinski definition) is 7. The summed E-state index contributed by atoms with van der Waals surface area (Å²) in [6.07, 6.45) is -4.62. The lowest BCUT2D eigenvalue weighted by Gasteiger charge is -2.09. The van der Waals surface area contributed by atoms with E-state index >= 15 is 0 Å². The first-order chi connectivity index (χ1) is 15.6. The number of nitrogens with one attached hydrogen (secondary N) is 2. The van der Waals surface area contributed by atoms with Crippen molar-refractivity contribution in [2.75, 3.05) is 13.2 Å². The van der Waals surface area contributed by atoms with Crippen LogP contribution in [0.4, 0.5) is 18.0 Å². The lowest BCUT2D eigenvalue weighted by molar-refractivity contribution is -0.125. The van der Waals surface area contributed by atoms with Crippen LogP contribution >= 0.6 is 0 Å². The standard InChI is InChI=1S/C21H17F3N4O5/c1-12-4-2-3-5-15(12)18-28-27-17(33-18)13-6-8-14(9-7-13)19(30)32-10-16(29)26-20(31)25-11-21(22,23)24/h2-9H,10-11H2,1H3,(H2,25,26,29,31). The largest absolute Gasteiger partial charge is 0.452 e. The minimum atomic E-state index is -4.62. The predicted molar refractivity (Wildman–Crippen MR) is 108 cm³/mol. The van der Waals surface area contributed by atoms with Gasteiger partial charge in [0.25, 0.3) is 5.91 Å². The third-order valence-electron chi connectivity index (χ3n) is 4.20. The molecule has 0 unspecified atom stereocenters. The Morgan fingerprint density at radius 1 is 1.00 bits per heavy atom. The van der Waals surface area contributed by atoms with Crippen LogP contribution in [0.5, 0.6) is 0 Å². The number of rotatable bonds is 6. The van der Waals surface area contributed by atoms with Crippen molar-refractivity contribution in [3.8, 4) is 22.9 Å². The van der Waals surface area contributed by atoms with Gasteiger partial charge in [-0.25, -0.2) is 9.59 Å². The highest BCUT2D eigenvalue weighted by Gasteiger charge is 2.28. The van der Waals surface area contributed by atoms with Crippen molar-refractivity contribution in [1.82, 2.24) is 20.8 Å². The van der Waals surface area contributed by atoms with Crippen molar-refractivity contribution >= 4 is 17.9 Å². The van der Waals surface area contributed by atoms with Crippen molar-refractivity contribution in [1.29, 1.82) is 0 Å². The Morgan fingerprint density at radius 2 is 1.67 bits per heavy atom. The third kappa shape index (κ3) is 6.63. The van der Waals surface area contributed by atoms with Gasteiger partial charge in [-0.1, -0.05) is 18.2 Å². The number of esters is 1. The molecule has 2 aromatic carbocycles. The van der Waals surface area contributed by atoms with Gasteiger partial charge < -0.3 is 14.5 Å². The van der Waals surface area contributed by atoms with Gasteiger partial charge in [-0.15, -0.1) is 10.2 Å². The second kappa shape index (κ2) is 9.94. The van der Waals surface area contributed by atoms with Crippen molar-refractivity contribution in [3.05, 3.63) is 59.7 Å². The van der Waals surface area contributed by atoms with Gasteiger partial charge >= 0.3 is 18.2 Å². The molecule has 3 amide bonds. The van der Waals surface area contributed by atoms with Gasteiger partial charge in [0, 0.05) is 11.1 Å². The van der Waals surface area contributed by atoms with Crippen LogP contribution in [0, 0.1) is 6.92 Å². The van der Waals surface area contributed by atoms with Crippen molar-refractivity contribution in [2.45, 2.75) is 13.1 Å². The molecule has 33 heavy (non-hydrogen) atoms. The fraction of sp³-hybridized carbons (Fsp3) is 0.190. The number of ether oxygens (including phenoxy) is 1. The van der Waals surface area contributed by atoms with E-state index in [4.69, 9.17) is 9.15 Å². The maximum absolute atomic E-state index is 12.1. The molecule has 0 radical (unpaired) electrons. The summed E-state index contributed by atoms with van der Waals surface area (Å²) in [6.45, 7) is -0.553. The number of carbonyl (C=O) groups is 3. The van der Waals surface area contributed by atoms with Crippen LogP contribution in [0.3, 0.4) is 0 Å². The molecule has 0 spiro atoms. The van der Waals surface area contributed by atoms with Gasteiger partial charge in [0.05, 0.1) is 5.56 Å². The molecule has 0 aliphatic heterocycles. The van der Waals surface area contributed by atoms with Crippen LogP contribution in [-0.2, 0) is 9.53 Å². The molecule has 0 fully saturated rings. The second-order valence-corrected chi connectivity index (χ2v) is 6.73. The number of imide groups is 1. The Labute approximate surface area is 184 Å². The van der Waals surface area contributed by atoms with Gasteiger partial charge in [0.15, 0.2) is 6.61 Å². The zero-order chi connectivity index (χ0) is 24.0. The van der Waals surface area contributed by atoms with Crippen LogP contribution in [0.1, 0.15) is 15.9 Å². The Hall–Kier alpha value is -4.22. The molecule has 9 nitrogen and oxygen atoms in total. The molecule has 0 aliphatic rings. The average molecular weight is 462 g/mol. The number of urea groups is 1. The highest BCUT2D eigenvalue weighted by atomic mass is 19.4. The van der Waals surface area contributed by atoms with Crippen LogP contribution in [0.15, 0.2) is 52.9 Å². The Morgan fingerprint density at radius 3 is 2.33 bits per heavy atom. The van der Waals surface area contributed by atoms with Crippen LogP contribution < -0.4 is 10.6 Å². The number of hydrogen-bond donors (Lipinski definition) is 2. The molecular weight excluding hydrogens is 445 g/mol. The molecule has 3 rings (SSSR count). The summed E-state index contributed by atoms with van der Waals surface area (Å²) < 4.78 is 46.5. The summed E-state index contributed by atoms with van der Waals surface area (Å²) in [4.78, 5) is 34.8. The molecule has 172 valence electrons. The number of nitrogens with zero attached hydrogens (tertiary/aromatic N) is 2. The number of aryl methyl sites for hydroxylation is 1. The van der Waals surface area contributed by atoms with E-state index in [0.29, 0.717) is 11.5 Å². The fourth-order valence-electron chi connectivity index (χ4n) is 2.61. The van der Waals surface area contributed by atoms with Crippen molar-refractivity contribution in [2.24, 2.45) is 0 Å². The van der Waals surface area contributed by atoms with Gasteiger partial charge in [-0.3, -0.25) is 10.1 Å². The summed E-state index contributed by atoms with van der Waals surface area (Å²) in [6, 6.07) is 12.0. The highest BCUT2D eigenvalue weighted by molar-refractivity contribution is 5.97. The minimum absolute atomic E-state index is 0.0896. The van der Waals surface area contributed by atoms with E-state index in [1.165, 1.54) is 29.6 Å². The summed E-state index contributed by atoms with van der Waals surface area (Å²) in [5.74, 6) is -1.39. The molecule has 0 saturated carbocycles. The maximum Gasteiger partial charge on any atom is 0.405 e. The van der Waals surface area contributed by atoms with E-state index in [1.807, 2.05) is 31.2 Å². The predicted octanol–water partition coefficient (Wildman–Crippen LogP) is 3.26. The van der Waals surface area contributed by atoms with Gasteiger partial charge in [-0.05, 0) is 42.8 Å². The topological polar surface area (TPSA) is 123 Å². The summed E-state index contributed by atoms with van der Waals surface area (Å²) in [7, 11) is 0. The van der Waals surface area contributed by atoms with Crippen LogP contribution in [0.25, 0.3) is 22.9 Å². The van der Waals surface area contributed by atoms with Crippen molar-refractivity contribution < 1.29 is 36.7 Å². The lowest BCUT2D eigenvalue weighted by Crippen LogP contribution is -2.44. The van der Waals surface area contributed by atoms with Gasteiger partial charge in [0.2, 0.25) is 11.8 Å². The minimum Gasteiger partial charge on any atom is -0.452 e. The molecule has 2 N–H and O–H groups in total.